The predicted molar refractivity (Wildman–Crippen MR) is 151 cm³/mol. The molecule has 1 aliphatic heterocycles. The molecule has 0 fully saturated rings. The Labute approximate surface area is 240 Å². The first kappa shape index (κ1) is 31.2. The summed E-state index contributed by atoms with van der Waals surface area (Å²) in [5.74, 6) is 11.7. The number of aliphatic imine (C=N–C) groups is 1. The van der Waals surface area contributed by atoms with Crippen LogP contribution in [0, 0.1) is 11.3 Å². The summed E-state index contributed by atoms with van der Waals surface area (Å²) in [7, 11) is 0. The molecule has 0 unspecified atom stereocenters. The highest BCUT2D eigenvalue weighted by molar-refractivity contribution is 6.41. The van der Waals surface area contributed by atoms with E-state index in [0.29, 0.717) is 35.9 Å². The number of hydrogen-bond acceptors (Lipinski definition) is 10. The Balaban J connectivity index is 1.76. The van der Waals surface area contributed by atoms with E-state index in [1.807, 2.05) is 13.8 Å². The summed E-state index contributed by atoms with van der Waals surface area (Å²) in [5, 5.41) is 17.0. The van der Waals surface area contributed by atoms with Gasteiger partial charge in [-0.05, 0) is 45.4 Å². The van der Waals surface area contributed by atoms with Gasteiger partial charge in [-0.3, -0.25) is 5.01 Å². The van der Waals surface area contributed by atoms with E-state index in [-0.39, 0.29) is 24.1 Å². The highest BCUT2D eigenvalue weighted by Crippen LogP contribution is 2.36. The van der Waals surface area contributed by atoms with Crippen LogP contribution in [0.5, 0.6) is 0 Å². The van der Waals surface area contributed by atoms with Crippen LogP contribution in [0.2, 0.25) is 0 Å². The van der Waals surface area contributed by atoms with Crippen LogP contribution in [-0.2, 0) is 23.9 Å². The van der Waals surface area contributed by atoms with Gasteiger partial charge in [0.25, 0.3) is 0 Å². The van der Waals surface area contributed by atoms with E-state index in [2.05, 4.69) is 32.0 Å². The van der Waals surface area contributed by atoms with E-state index in [1.165, 1.54) is 36.0 Å². The van der Waals surface area contributed by atoms with Crippen LogP contribution in [0.3, 0.4) is 0 Å². The molecule has 0 atom stereocenters. The van der Waals surface area contributed by atoms with Crippen molar-refractivity contribution in [1.29, 1.82) is 5.26 Å². The number of hydrazine groups is 1. The molecule has 0 bridgehead atoms. The Hall–Kier alpha value is -4.35. The number of allylic oxidation sites excluding steroid dienone is 1. The van der Waals surface area contributed by atoms with Crippen molar-refractivity contribution in [1.82, 2.24) is 15.0 Å². The van der Waals surface area contributed by atoms with Gasteiger partial charge < -0.3 is 20.8 Å². The van der Waals surface area contributed by atoms with Gasteiger partial charge in [-0.15, -0.1) is 0 Å². The van der Waals surface area contributed by atoms with Crippen molar-refractivity contribution in [2.75, 3.05) is 23.4 Å². The van der Waals surface area contributed by atoms with Crippen molar-refractivity contribution in [2.24, 2.45) is 21.8 Å². The highest BCUT2D eigenvalue weighted by atomic mass is 35.5. The van der Waals surface area contributed by atoms with Gasteiger partial charge in [0.15, 0.2) is 0 Å². The largest absolute Gasteiger partial charge is 0.474 e. The lowest BCUT2D eigenvalue weighted by Gasteiger charge is -2.32. The van der Waals surface area contributed by atoms with E-state index in [1.54, 1.807) is 17.9 Å². The number of halogens is 4. The lowest BCUT2D eigenvalue weighted by Crippen LogP contribution is -2.51. The molecule has 0 aliphatic carbocycles. The topological polar surface area (TPSA) is 154 Å². The molecule has 0 amide bonds. The second kappa shape index (κ2) is 12.9. The van der Waals surface area contributed by atoms with Crippen LogP contribution in [0.15, 0.2) is 58.1 Å². The third-order valence-corrected chi connectivity index (χ3v) is 6.34. The second-order valence-electron chi connectivity index (χ2n) is 9.71. The molecule has 5 N–H and O–H groups in total. The quantitative estimate of drug-likeness (QED) is 0.168. The zero-order valence-corrected chi connectivity index (χ0v) is 23.5. The van der Waals surface area contributed by atoms with Gasteiger partial charge in [-0.2, -0.15) is 23.5 Å². The first-order chi connectivity index (χ1) is 19.3. The number of alkyl halides is 3. The van der Waals surface area contributed by atoms with Crippen molar-refractivity contribution < 1.29 is 17.9 Å². The van der Waals surface area contributed by atoms with Gasteiger partial charge in [0.05, 0.1) is 40.0 Å². The van der Waals surface area contributed by atoms with E-state index in [4.69, 9.17) is 33.3 Å². The van der Waals surface area contributed by atoms with Crippen molar-refractivity contribution in [2.45, 2.75) is 45.5 Å². The smallest absolute Gasteiger partial charge is 0.417 e. The summed E-state index contributed by atoms with van der Waals surface area (Å²) in [6, 6.07) is 5.29. The minimum absolute atomic E-state index is 0.0805. The lowest BCUT2D eigenvalue weighted by molar-refractivity contribution is -0.137. The highest BCUT2D eigenvalue weighted by Gasteiger charge is 2.34. The zero-order valence-electron chi connectivity index (χ0n) is 22.7. The van der Waals surface area contributed by atoms with Gasteiger partial charge in [0, 0.05) is 29.7 Å². The number of benzene rings is 1. The Morgan fingerprint density at radius 2 is 2.10 bits per heavy atom. The number of hydrazone groups is 1. The molecule has 1 aliphatic rings. The number of ether oxygens (including phenoxy) is 1. The molecule has 3 rings (SSSR count). The third kappa shape index (κ3) is 7.86. The number of hydrogen-bond donors (Lipinski definition) is 3. The number of nitrogens with zero attached hydrogens (tertiary/aromatic N) is 7. The van der Waals surface area contributed by atoms with E-state index >= 15 is 0 Å². The fourth-order valence-electron chi connectivity index (χ4n) is 3.85. The Kier molecular flexibility index (Phi) is 9.79. The van der Waals surface area contributed by atoms with Crippen molar-refractivity contribution >= 4 is 35.3 Å². The first-order valence-electron chi connectivity index (χ1n) is 12.2. The van der Waals surface area contributed by atoms with Gasteiger partial charge in [-0.25, -0.2) is 20.8 Å². The minimum Gasteiger partial charge on any atom is -0.474 e. The molecule has 2 heterocycles. The molecule has 0 spiro atoms. The standard InChI is InChI=1S/C26H30ClF3N10O/c1-16(11-34-24(17(2)27)41-13-25(3,4)40(33)15-37-32)38-23-20-7-8-39(12-22(20)35-14-36-23)19-6-5-18(10-31)21(9-19)26(28,29)30/h5-6,9,11,14-15H,2,7-8,12-13,32-33H2,1,3-4H3,(H,35,36,38)/b16-11+,34-24?,37-15-. The van der Waals surface area contributed by atoms with Crippen molar-refractivity contribution in [3.05, 3.63) is 70.4 Å². The van der Waals surface area contributed by atoms with Gasteiger partial charge in [0.1, 0.15) is 25.1 Å². The SMILES string of the molecule is C=C(Cl)C(=N/C=C(\C)Nc1ncnc2c1CCN(c1ccc(C#N)c(C(F)(F)F)c1)C2)OCC(C)(C)N(N)/C=N\N. The zero-order chi connectivity index (χ0) is 30.4. The monoisotopic (exact) mass is 590 g/mol. The first-order valence-corrected chi connectivity index (χ1v) is 12.6. The number of nitrogens with one attached hydrogen (secondary N) is 1. The fraction of sp³-hybridized carbons (Fsp3) is 0.346. The number of aromatic nitrogens is 2. The maximum Gasteiger partial charge on any atom is 0.417 e. The number of anilines is 2. The van der Waals surface area contributed by atoms with E-state index in [0.717, 1.165) is 11.6 Å². The number of nitriles is 1. The molecule has 0 radical (unpaired) electrons. The Morgan fingerprint density at radius 3 is 2.73 bits per heavy atom. The van der Waals surface area contributed by atoms with E-state index in [9.17, 15) is 13.2 Å². The average Bonchev–Trinajstić information content (AvgIpc) is 2.92. The Bertz CT molecular complexity index is 1420. The van der Waals surface area contributed by atoms with Gasteiger partial charge in [-0.1, -0.05) is 18.2 Å². The summed E-state index contributed by atoms with van der Waals surface area (Å²) in [4.78, 5) is 14.7. The molecular formula is C26H30ClF3N10O. The number of rotatable bonds is 9. The maximum atomic E-state index is 13.5. The molecule has 0 saturated carbocycles. The van der Waals surface area contributed by atoms with Crippen LogP contribution < -0.4 is 21.9 Å². The number of fused-ring (bicyclic) bond motifs is 1. The molecule has 2 aromatic rings. The molecule has 218 valence electrons. The van der Waals surface area contributed by atoms with Crippen LogP contribution in [0.1, 0.15) is 43.2 Å². The molecule has 1 aromatic heterocycles. The minimum atomic E-state index is -4.64. The molecule has 41 heavy (non-hydrogen) atoms. The molecule has 0 saturated heterocycles. The van der Waals surface area contributed by atoms with Crippen LogP contribution in [0.4, 0.5) is 24.7 Å². The van der Waals surface area contributed by atoms with Crippen molar-refractivity contribution in [3.8, 4) is 6.07 Å². The third-order valence-electron chi connectivity index (χ3n) is 6.18. The van der Waals surface area contributed by atoms with Crippen LogP contribution in [0.25, 0.3) is 0 Å². The summed E-state index contributed by atoms with van der Waals surface area (Å²) < 4.78 is 46.1. The molecular weight excluding hydrogens is 561 g/mol. The summed E-state index contributed by atoms with van der Waals surface area (Å²) in [6.07, 6.45) is -0.0328. The van der Waals surface area contributed by atoms with Gasteiger partial charge in [0.2, 0.25) is 5.90 Å². The maximum absolute atomic E-state index is 13.5. The Morgan fingerprint density at radius 1 is 1.37 bits per heavy atom. The lowest BCUT2D eigenvalue weighted by atomic mass is 10.0. The molecule has 1 aromatic carbocycles. The van der Waals surface area contributed by atoms with Crippen LogP contribution in [-0.4, -0.2) is 45.9 Å². The fourth-order valence-corrected chi connectivity index (χ4v) is 3.95. The van der Waals surface area contributed by atoms with Gasteiger partial charge >= 0.3 is 6.18 Å². The normalized spacial score (nSPS) is 14.5. The second-order valence-corrected chi connectivity index (χ2v) is 10.2. The van der Waals surface area contributed by atoms with Crippen LogP contribution >= 0.6 is 11.6 Å². The number of nitrogens with two attached hydrogens (primary N) is 2. The van der Waals surface area contributed by atoms with E-state index < -0.39 is 22.8 Å². The average molecular weight is 591 g/mol. The summed E-state index contributed by atoms with van der Waals surface area (Å²) >= 11 is 6.07. The summed E-state index contributed by atoms with van der Waals surface area (Å²) in [6.45, 7) is 9.85. The van der Waals surface area contributed by atoms with Crippen molar-refractivity contribution in [3.63, 3.8) is 0 Å². The summed E-state index contributed by atoms with van der Waals surface area (Å²) in [5.41, 5.74) is 0.369. The molecule has 15 heteroatoms. The molecule has 11 nitrogen and oxygen atoms in total. The predicted octanol–water partition coefficient (Wildman–Crippen LogP) is 4.23.